The SMILES string of the molecule is CCON1c2ccccc2C(C=Cc2ccc3c(c2)c2ccccc2n3CCOCCOC)c2ccccc21.I. The molecule has 0 saturated carbocycles. The molecule has 0 saturated heterocycles. The van der Waals surface area contributed by atoms with Crippen molar-refractivity contribution in [3.8, 4) is 0 Å². The minimum atomic E-state index is 0. The van der Waals surface area contributed by atoms with Gasteiger partial charge in [-0.2, -0.15) is 0 Å². The van der Waals surface area contributed by atoms with Crippen LogP contribution in [0.2, 0.25) is 0 Å². The van der Waals surface area contributed by atoms with E-state index in [4.69, 9.17) is 14.3 Å². The molecule has 5 nitrogen and oxygen atoms in total. The van der Waals surface area contributed by atoms with Gasteiger partial charge >= 0.3 is 0 Å². The Morgan fingerprint density at radius 1 is 0.750 bits per heavy atom. The molecule has 0 bridgehead atoms. The molecule has 1 aromatic heterocycles. The van der Waals surface area contributed by atoms with Crippen molar-refractivity contribution in [1.29, 1.82) is 0 Å². The van der Waals surface area contributed by atoms with E-state index in [1.54, 1.807) is 7.11 Å². The highest BCUT2D eigenvalue weighted by molar-refractivity contribution is 14.0. The molecular formula is C34H35IN2O3. The number of para-hydroxylation sites is 3. The minimum absolute atomic E-state index is 0. The van der Waals surface area contributed by atoms with Crippen LogP contribution < -0.4 is 5.06 Å². The van der Waals surface area contributed by atoms with E-state index in [1.807, 2.05) is 12.0 Å². The summed E-state index contributed by atoms with van der Waals surface area (Å²) >= 11 is 0. The molecule has 206 valence electrons. The van der Waals surface area contributed by atoms with Gasteiger partial charge in [-0.1, -0.05) is 72.8 Å². The van der Waals surface area contributed by atoms with E-state index in [-0.39, 0.29) is 29.9 Å². The average Bonchev–Trinajstić information content (AvgIpc) is 3.29. The first-order valence-electron chi connectivity index (χ1n) is 13.7. The molecule has 2 heterocycles. The van der Waals surface area contributed by atoms with Gasteiger partial charge in [-0.25, -0.2) is 5.06 Å². The number of hydrogen-bond acceptors (Lipinski definition) is 4. The Morgan fingerprint density at radius 3 is 2.15 bits per heavy atom. The summed E-state index contributed by atoms with van der Waals surface area (Å²) in [4.78, 5) is 6.08. The normalized spacial score (nSPS) is 13.1. The number of benzene rings is 4. The summed E-state index contributed by atoms with van der Waals surface area (Å²) in [7, 11) is 1.70. The fourth-order valence-corrected chi connectivity index (χ4v) is 5.67. The highest BCUT2D eigenvalue weighted by Crippen LogP contribution is 2.46. The summed E-state index contributed by atoms with van der Waals surface area (Å²) in [5.74, 6) is 0.135. The summed E-state index contributed by atoms with van der Waals surface area (Å²) < 4.78 is 13.3. The summed E-state index contributed by atoms with van der Waals surface area (Å²) in [6, 6.07) is 32.5. The fraction of sp³-hybridized carbons (Fsp3) is 0.235. The Kier molecular flexibility index (Phi) is 9.22. The quantitative estimate of drug-likeness (QED) is 0.113. The summed E-state index contributed by atoms with van der Waals surface area (Å²) in [5.41, 5.74) is 8.32. The molecule has 6 heteroatoms. The molecule has 4 aromatic carbocycles. The van der Waals surface area contributed by atoms with Crippen LogP contribution in [0, 0.1) is 0 Å². The number of nitrogens with zero attached hydrogens (tertiary/aromatic N) is 2. The van der Waals surface area contributed by atoms with E-state index in [0.717, 1.165) is 17.9 Å². The third-order valence-corrected chi connectivity index (χ3v) is 7.41. The maximum Gasteiger partial charge on any atom is 0.0737 e. The van der Waals surface area contributed by atoms with Crippen LogP contribution in [-0.2, 0) is 20.9 Å². The van der Waals surface area contributed by atoms with Crippen molar-refractivity contribution in [2.24, 2.45) is 0 Å². The van der Waals surface area contributed by atoms with Gasteiger partial charge in [-0.15, -0.1) is 24.0 Å². The molecule has 5 aromatic rings. The molecule has 0 aliphatic carbocycles. The molecular weight excluding hydrogens is 611 g/mol. The lowest BCUT2D eigenvalue weighted by molar-refractivity contribution is 0.0673. The second kappa shape index (κ2) is 13.0. The monoisotopic (exact) mass is 646 g/mol. The standard InChI is InChI=1S/C34H34N2O3.HI/c1-3-39-36-33-14-8-5-10-27(33)26(28-11-6-9-15-34(28)36)18-16-25-17-19-32-30(24-25)29-12-4-7-13-31(29)35(32)20-21-38-23-22-37-2;/h4-19,24,26H,3,20-23H2,1-2H3;1H. The maximum atomic E-state index is 6.08. The number of allylic oxidation sites excluding steroid dienone is 1. The maximum absolute atomic E-state index is 6.08. The van der Waals surface area contributed by atoms with Gasteiger partial charge in [0.1, 0.15) is 0 Å². The van der Waals surface area contributed by atoms with Crippen molar-refractivity contribution in [1.82, 2.24) is 4.57 Å². The van der Waals surface area contributed by atoms with Gasteiger partial charge in [0.2, 0.25) is 0 Å². The Bertz CT molecular complexity index is 1580. The van der Waals surface area contributed by atoms with Gasteiger partial charge in [0.15, 0.2) is 0 Å². The third-order valence-electron chi connectivity index (χ3n) is 7.41. The first-order chi connectivity index (χ1) is 19.3. The van der Waals surface area contributed by atoms with Crippen LogP contribution in [-0.4, -0.2) is 38.1 Å². The summed E-state index contributed by atoms with van der Waals surface area (Å²) in [6.07, 6.45) is 4.58. The number of halogens is 1. The minimum Gasteiger partial charge on any atom is -0.382 e. The lowest BCUT2D eigenvalue weighted by Crippen LogP contribution is -2.25. The van der Waals surface area contributed by atoms with Gasteiger partial charge in [0.25, 0.3) is 0 Å². The molecule has 0 atom stereocenters. The van der Waals surface area contributed by atoms with Crippen molar-refractivity contribution >= 4 is 63.2 Å². The van der Waals surface area contributed by atoms with Crippen molar-refractivity contribution in [2.45, 2.75) is 19.4 Å². The number of hydrogen-bond donors (Lipinski definition) is 0. The van der Waals surface area contributed by atoms with Gasteiger partial charge in [0.05, 0.1) is 37.8 Å². The van der Waals surface area contributed by atoms with Crippen LogP contribution in [0.4, 0.5) is 11.4 Å². The zero-order valence-electron chi connectivity index (χ0n) is 23.0. The molecule has 40 heavy (non-hydrogen) atoms. The van der Waals surface area contributed by atoms with Crippen LogP contribution in [0.5, 0.6) is 0 Å². The Balaban J connectivity index is 0.00000323. The smallest absolute Gasteiger partial charge is 0.0737 e. The van der Waals surface area contributed by atoms with Crippen LogP contribution in [0.25, 0.3) is 27.9 Å². The van der Waals surface area contributed by atoms with E-state index in [0.29, 0.717) is 26.4 Å². The van der Waals surface area contributed by atoms with Crippen LogP contribution in [0.1, 0.15) is 29.5 Å². The molecule has 1 aliphatic heterocycles. The number of methoxy groups -OCH3 is 1. The molecule has 0 radical (unpaired) electrons. The lowest BCUT2D eigenvalue weighted by Gasteiger charge is -2.35. The first kappa shape index (κ1) is 28.4. The van der Waals surface area contributed by atoms with Gasteiger partial charge < -0.3 is 14.0 Å². The van der Waals surface area contributed by atoms with Crippen molar-refractivity contribution in [3.05, 3.63) is 114 Å². The van der Waals surface area contributed by atoms with Gasteiger partial charge in [0, 0.05) is 41.4 Å². The van der Waals surface area contributed by atoms with E-state index < -0.39 is 0 Å². The van der Waals surface area contributed by atoms with Crippen LogP contribution in [0.3, 0.4) is 0 Å². The second-order valence-electron chi connectivity index (χ2n) is 9.72. The zero-order valence-corrected chi connectivity index (χ0v) is 25.3. The van der Waals surface area contributed by atoms with E-state index in [9.17, 15) is 0 Å². The largest absolute Gasteiger partial charge is 0.382 e. The molecule has 0 fully saturated rings. The Morgan fingerprint density at radius 2 is 1.43 bits per heavy atom. The molecule has 0 N–H and O–H groups in total. The predicted octanol–water partition coefficient (Wildman–Crippen LogP) is 8.32. The second-order valence-corrected chi connectivity index (χ2v) is 9.72. The van der Waals surface area contributed by atoms with E-state index in [2.05, 4.69) is 108 Å². The topological polar surface area (TPSA) is 35.9 Å². The fourth-order valence-electron chi connectivity index (χ4n) is 5.67. The number of anilines is 2. The highest BCUT2D eigenvalue weighted by atomic mass is 127. The number of ether oxygens (including phenoxy) is 2. The average molecular weight is 647 g/mol. The summed E-state index contributed by atoms with van der Waals surface area (Å²) in [6.45, 7) is 5.31. The van der Waals surface area contributed by atoms with Gasteiger partial charge in [-0.05, 0) is 53.9 Å². The Hall–Kier alpha value is -3.17. The number of rotatable bonds is 10. The van der Waals surface area contributed by atoms with Crippen molar-refractivity contribution in [2.75, 3.05) is 38.6 Å². The van der Waals surface area contributed by atoms with Gasteiger partial charge in [-0.3, -0.25) is 4.84 Å². The zero-order chi connectivity index (χ0) is 26.6. The van der Waals surface area contributed by atoms with Crippen molar-refractivity contribution < 1.29 is 14.3 Å². The van der Waals surface area contributed by atoms with Crippen molar-refractivity contribution in [3.63, 3.8) is 0 Å². The lowest BCUT2D eigenvalue weighted by atomic mass is 9.85. The van der Waals surface area contributed by atoms with E-state index >= 15 is 0 Å². The van der Waals surface area contributed by atoms with E-state index in [1.165, 1.54) is 38.5 Å². The van der Waals surface area contributed by atoms with Crippen LogP contribution in [0.15, 0.2) is 97.1 Å². The number of aromatic nitrogens is 1. The number of fused-ring (bicyclic) bond motifs is 5. The molecule has 6 rings (SSSR count). The molecule has 1 aliphatic rings. The predicted molar refractivity (Wildman–Crippen MR) is 175 cm³/mol. The Labute approximate surface area is 252 Å². The highest BCUT2D eigenvalue weighted by Gasteiger charge is 2.29. The first-order valence-corrected chi connectivity index (χ1v) is 13.7. The molecule has 0 spiro atoms. The molecule has 0 amide bonds. The summed E-state index contributed by atoms with van der Waals surface area (Å²) in [5, 5.41) is 4.51. The van der Waals surface area contributed by atoms with Crippen LogP contribution >= 0.6 is 24.0 Å². The molecule has 0 unspecified atom stereocenters. The third kappa shape index (κ3) is 5.41.